The summed E-state index contributed by atoms with van der Waals surface area (Å²) in [5.74, 6) is -1.36. The molecule has 0 unspecified atom stereocenters. The lowest BCUT2D eigenvalue weighted by molar-refractivity contribution is -0.141. The van der Waals surface area contributed by atoms with E-state index in [0.717, 1.165) is 27.1 Å². The van der Waals surface area contributed by atoms with Crippen LogP contribution in [0.5, 0.6) is 0 Å². The van der Waals surface area contributed by atoms with Crippen LogP contribution in [-0.4, -0.2) is 32.7 Å². The Kier molecular flexibility index (Phi) is 5.34. The van der Waals surface area contributed by atoms with Gasteiger partial charge in [0.05, 0.1) is 28.6 Å². The predicted molar refractivity (Wildman–Crippen MR) is 113 cm³/mol. The maximum Gasteiger partial charge on any atom is 0.303 e. The summed E-state index contributed by atoms with van der Waals surface area (Å²) >= 11 is 8.06. The number of benzene rings is 1. The van der Waals surface area contributed by atoms with Gasteiger partial charge in [0.25, 0.3) is 0 Å². The number of carbonyl (C=O) groups excluding carboxylic acids is 1. The molecule has 0 spiro atoms. The Labute approximate surface area is 176 Å². The summed E-state index contributed by atoms with van der Waals surface area (Å²) in [5.41, 5.74) is 3.37. The maximum absolute atomic E-state index is 12.8. The van der Waals surface area contributed by atoms with E-state index in [1.165, 1.54) is 5.01 Å². The number of carbonyl (C=O) groups is 2. The fourth-order valence-electron chi connectivity index (χ4n) is 3.41. The quantitative estimate of drug-likeness (QED) is 0.593. The first-order valence-corrected chi connectivity index (χ1v) is 10.4. The van der Waals surface area contributed by atoms with Gasteiger partial charge in [-0.3, -0.25) is 9.59 Å². The summed E-state index contributed by atoms with van der Waals surface area (Å²) in [6.07, 6.45) is 0.137. The number of pyridine rings is 1. The second kappa shape index (κ2) is 7.93. The second-order valence-corrected chi connectivity index (χ2v) is 8.25. The molecule has 3 aromatic rings. The van der Waals surface area contributed by atoms with Gasteiger partial charge in [-0.15, -0.1) is 11.3 Å². The summed E-state index contributed by atoms with van der Waals surface area (Å²) < 4.78 is 0. The number of carboxylic acids is 1. The van der Waals surface area contributed by atoms with Gasteiger partial charge in [-0.2, -0.15) is 5.10 Å². The third-order valence-electron chi connectivity index (χ3n) is 4.84. The van der Waals surface area contributed by atoms with Crippen LogP contribution >= 0.6 is 22.9 Å². The third kappa shape index (κ3) is 4.02. The van der Waals surface area contributed by atoms with E-state index >= 15 is 0 Å². The zero-order valence-corrected chi connectivity index (χ0v) is 17.2. The van der Waals surface area contributed by atoms with Crippen molar-refractivity contribution in [2.45, 2.75) is 32.2 Å². The molecule has 1 amide bonds. The summed E-state index contributed by atoms with van der Waals surface area (Å²) in [6, 6.07) is 11.3. The smallest absolute Gasteiger partial charge is 0.303 e. The third-order valence-corrected chi connectivity index (χ3v) is 6.06. The van der Waals surface area contributed by atoms with Crippen molar-refractivity contribution in [1.82, 2.24) is 9.99 Å². The number of aromatic nitrogens is 1. The van der Waals surface area contributed by atoms with E-state index in [1.54, 1.807) is 11.3 Å². The van der Waals surface area contributed by atoms with Crippen molar-refractivity contribution in [3.63, 3.8) is 0 Å². The molecule has 148 valence electrons. The zero-order chi connectivity index (χ0) is 20.5. The molecule has 4 rings (SSSR count). The SMILES string of the molecule is Cc1ccc2cc([C@H]3CC(c4cccs4)=NN3C(=O)CCC(=O)O)c(Cl)nc2c1. The number of aliphatic carboxylic acids is 1. The van der Waals surface area contributed by atoms with Crippen molar-refractivity contribution >= 4 is 51.4 Å². The number of amides is 1. The van der Waals surface area contributed by atoms with E-state index in [9.17, 15) is 9.59 Å². The number of thiophene rings is 1. The molecule has 0 radical (unpaired) electrons. The van der Waals surface area contributed by atoms with Crippen LogP contribution in [0.4, 0.5) is 0 Å². The van der Waals surface area contributed by atoms with Gasteiger partial charge in [-0.1, -0.05) is 29.8 Å². The van der Waals surface area contributed by atoms with Crippen LogP contribution in [0.3, 0.4) is 0 Å². The van der Waals surface area contributed by atoms with Crippen molar-refractivity contribution in [3.05, 3.63) is 62.9 Å². The van der Waals surface area contributed by atoms with E-state index < -0.39 is 12.0 Å². The number of nitrogens with zero attached hydrogens (tertiary/aromatic N) is 3. The van der Waals surface area contributed by atoms with Crippen molar-refractivity contribution in [1.29, 1.82) is 0 Å². The van der Waals surface area contributed by atoms with Gasteiger partial charge >= 0.3 is 5.97 Å². The number of rotatable bonds is 5. The van der Waals surface area contributed by atoms with Gasteiger partial charge < -0.3 is 5.11 Å². The van der Waals surface area contributed by atoms with Gasteiger partial charge in [0.15, 0.2) is 0 Å². The fourth-order valence-corrected chi connectivity index (χ4v) is 4.40. The van der Waals surface area contributed by atoms with Crippen molar-refractivity contribution in [2.75, 3.05) is 0 Å². The van der Waals surface area contributed by atoms with E-state index in [0.29, 0.717) is 17.1 Å². The molecule has 29 heavy (non-hydrogen) atoms. The lowest BCUT2D eigenvalue weighted by atomic mass is 10.0. The highest BCUT2D eigenvalue weighted by Gasteiger charge is 2.35. The Hall–Kier alpha value is -2.77. The number of aryl methyl sites for hydroxylation is 1. The van der Waals surface area contributed by atoms with Gasteiger partial charge in [-0.25, -0.2) is 9.99 Å². The highest BCUT2D eigenvalue weighted by molar-refractivity contribution is 7.12. The monoisotopic (exact) mass is 427 g/mol. The van der Waals surface area contributed by atoms with Gasteiger partial charge in [0.1, 0.15) is 5.15 Å². The summed E-state index contributed by atoms with van der Waals surface area (Å²) in [5, 5.41) is 18.1. The minimum absolute atomic E-state index is 0.120. The molecule has 0 saturated heterocycles. The van der Waals surface area contributed by atoms with Gasteiger partial charge in [0, 0.05) is 23.8 Å². The van der Waals surface area contributed by atoms with Crippen LogP contribution in [0.15, 0.2) is 46.9 Å². The molecule has 0 fully saturated rings. The minimum atomic E-state index is -1.02. The Balaban J connectivity index is 1.73. The summed E-state index contributed by atoms with van der Waals surface area (Å²) in [4.78, 5) is 29.2. The molecule has 1 N–H and O–H groups in total. The van der Waals surface area contributed by atoms with Crippen LogP contribution in [0.25, 0.3) is 10.9 Å². The first kappa shape index (κ1) is 19.5. The average molecular weight is 428 g/mol. The first-order chi connectivity index (χ1) is 13.9. The molecule has 1 aliphatic rings. The molecular formula is C21H18ClN3O3S. The normalized spacial score (nSPS) is 16.3. The largest absolute Gasteiger partial charge is 0.481 e. The molecular weight excluding hydrogens is 410 g/mol. The average Bonchev–Trinajstić information content (AvgIpc) is 3.35. The van der Waals surface area contributed by atoms with Gasteiger partial charge in [-0.05, 0) is 36.1 Å². The van der Waals surface area contributed by atoms with E-state index in [2.05, 4.69) is 10.1 Å². The molecule has 1 atom stereocenters. The van der Waals surface area contributed by atoms with Crippen LogP contribution in [0.2, 0.25) is 5.15 Å². The van der Waals surface area contributed by atoms with Crippen LogP contribution in [0.1, 0.15) is 41.3 Å². The summed E-state index contributed by atoms with van der Waals surface area (Å²) in [6.45, 7) is 1.99. The number of hydrogen-bond donors (Lipinski definition) is 1. The molecule has 0 saturated carbocycles. The molecule has 6 nitrogen and oxygen atoms in total. The van der Waals surface area contributed by atoms with E-state index in [1.807, 2.05) is 48.7 Å². The molecule has 2 aromatic heterocycles. The van der Waals surface area contributed by atoms with E-state index in [4.69, 9.17) is 16.7 Å². The number of carboxylic acid groups (broad SMARTS) is 1. The summed E-state index contributed by atoms with van der Waals surface area (Å²) in [7, 11) is 0. The molecule has 0 aliphatic carbocycles. The highest BCUT2D eigenvalue weighted by Crippen LogP contribution is 2.38. The van der Waals surface area contributed by atoms with Crippen molar-refractivity contribution < 1.29 is 14.7 Å². The Morgan fingerprint density at radius 2 is 2.10 bits per heavy atom. The Morgan fingerprint density at radius 1 is 1.28 bits per heavy atom. The molecule has 8 heteroatoms. The standard InChI is InChI=1S/C21H18ClN3O3S/c1-12-4-5-13-10-14(21(22)23-15(13)9-12)17-11-16(18-3-2-8-29-18)24-25(17)19(26)6-7-20(27)28/h2-5,8-10,17H,6-7,11H2,1H3,(H,27,28)/t17-/m1/s1. The molecule has 3 heterocycles. The lowest BCUT2D eigenvalue weighted by Gasteiger charge is -2.23. The maximum atomic E-state index is 12.8. The lowest BCUT2D eigenvalue weighted by Crippen LogP contribution is -2.27. The minimum Gasteiger partial charge on any atom is -0.481 e. The first-order valence-electron chi connectivity index (χ1n) is 9.14. The number of halogens is 1. The Bertz CT molecular complexity index is 1130. The van der Waals surface area contributed by atoms with Crippen LogP contribution in [0, 0.1) is 6.92 Å². The van der Waals surface area contributed by atoms with Crippen molar-refractivity contribution in [3.8, 4) is 0 Å². The van der Waals surface area contributed by atoms with E-state index in [-0.39, 0.29) is 18.7 Å². The van der Waals surface area contributed by atoms with Gasteiger partial charge in [0.2, 0.25) is 5.91 Å². The number of hydrogen-bond acceptors (Lipinski definition) is 5. The Morgan fingerprint density at radius 3 is 2.83 bits per heavy atom. The molecule has 0 bridgehead atoms. The number of fused-ring (bicyclic) bond motifs is 1. The second-order valence-electron chi connectivity index (χ2n) is 6.94. The van der Waals surface area contributed by atoms with Crippen LogP contribution in [-0.2, 0) is 9.59 Å². The molecule has 1 aliphatic heterocycles. The molecule has 1 aromatic carbocycles. The van der Waals surface area contributed by atoms with Crippen LogP contribution < -0.4 is 0 Å². The topological polar surface area (TPSA) is 82.9 Å². The number of hydrazone groups is 1. The van der Waals surface area contributed by atoms with Crippen molar-refractivity contribution in [2.24, 2.45) is 5.10 Å². The predicted octanol–water partition coefficient (Wildman–Crippen LogP) is 4.80. The fraction of sp³-hybridized carbons (Fsp3) is 0.238. The zero-order valence-electron chi connectivity index (χ0n) is 15.6. The highest BCUT2D eigenvalue weighted by atomic mass is 35.5.